The number of aromatic nitrogens is 4. The first-order valence-corrected chi connectivity index (χ1v) is 5.21. The first-order chi connectivity index (χ1) is 8.68. The third kappa shape index (κ3) is 2.66. The number of nitrogens with zero attached hydrogens (tertiary/aromatic N) is 5. The smallest absolute Gasteiger partial charge is 0.348 e. The zero-order chi connectivity index (χ0) is 13.0. The number of hydrogen-bond acceptors (Lipinski definition) is 7. The topological polar surface area (TPSA) is 107 Å². The van der Waals surface area contributed by atoms with Crippen molar-refractivity contribution in [3.8, 4) is 0 Å². The van der Waals surface area contributed by atoms with Crippen molar-refractivity contribution in [3.63, 3.8) is 0 Å². The summed E-state index contributed by atoms with van der Waals surface area (Å²) in [7, 11) is 0. The first kappa shape index (κ1) is 12.1. The van der Waals surface area contributed by atoms with E-state index in [-0.39, 0.29) is 23.2 Å². The molecule has 1 N–H and O–H groups in total. The Morgan fingerprint density at radius 1 is 1.44 bits per heavy atom. The predicted octanol–water partition coefficient (Wildman–Crippen LogP) is 1.44. The molecule has 2 aromatic heterocycles. The van der Waals surface area contributed by atoms with E-state index >= 15 is 0 Å². The molecule has 2 rings (SSSR count). The van der Waals surface area contributed by atoms with Crippen molar-refractivity contribution in [2.24, 2.45) is 0 Å². The standard InChI is InChI=1S/C9H7ClN6O2/c10-8-7(16(17)18)9(13-5-12-8)11-4-6-2-1-3-14-15-6/h1-3,5H,4H2,(H,11,12,13). The molecule has 0 aliphatic heterocycles. The average molecular weight is 267 g/mol. The molecule has 0 aliphatic rings. The Kier molecular flexibility index (Phi) is 3.58. The lowest BCUT2D eigenvalue weighted by molar-refractivity contribution is -0.384. The average Bonchev–Trinajstić information content (AvgIpc) is 2.37. The van der Waals surface area contributed by atoms with Gasteiger partial charge in [0.2, 0.25) is 11.0 Å². The van der Waals surface area contributed by atoms with Crippen LogP contribution in [-0.2, 0) is 6.54 Å². The normalized spacial score (nSPS) is 10.1. The van der Waals surface area contributed by atoms with Crippen LogP contribution in [0.5, 0.6) is 0 Å². The van der Waals surface area contributed by atoms with Crippen LogP contribution in [0.25, 0.3) is 0 Å². The molecule has 8 nitrogen and oxygen atoms in total. The summed E-state index contributed by atoms with van der Waals surface area (Å²) in [5, 5.41) is 20.9. The molecule has 0 radical (unpaired) electrons. The summed E-state index contributed by atoms with van der Waals surface area (Å²) in [4.78, 5) is 17.5. The lowest BCUT2D eigenvalue weighted by atomic mass is 10.4. The van der Waals surface area contributed by atoms with E-state index in [2.05, 4.69) is 25.5 Å². The molecule has 0 aliphatic carbocycles. The van der Waals surface area contributed by atoms with Crippen LogP contribution in [0.3, 0.4) is 0 Å². The van der Waals surface area contributed by atoms with Crippen molar-refractivity contribution in [1.29, 1.82) is 0 Å². The first-order valence-electron chi connectivity index (χ1n) is 4.84. The Morgan fingerprint density at radius 3 is 2.94 bits per heavy atom. The molecule has 9 heteroatoms. The lowest BCUT2D eigenvalue weighted by Crippen LogP contribution is -2.07. The van der Waals surface area contributed by atoms with Gasteiger partial charge in [-0.1, -0.05) is 11.6 Å². The summed E-state index contributed by atoms with van der Waals surface area (Å²) < 4.78 is 0. The predicted molar refractivity (Wildman–Crippen MR) is 63.1 cm³/mol. The molecule has 0 fully saturated rings. The Bertz CT molecular complexity index is 564. The lowest BCUT2D eigenvalue weighted by Gasteiger charge is -2.05. The van der Waals surface area contributed by atoms with Crippen LogP contribution in [0.15, 0.2) is 24.7 Å². The maximum absolute atomic E-state index is 10.8. The molecule has 0 spiro atoms. The van der Waals surface area contributed by atoms with Crippen LogP contribution in [-0.4, -0.2) is 25.1 Å². The highest BCUT2D eigenvalue weighted by molar-refractivity contribution is 6.31. The summed E-state index contributed by atoms with van der Waals surface area (Å²) in [6, 6.07) is 3.44. The number of nitro groups is 1. The van der Waals surface area contributed by atoms with Crippen LogP contribution >= 0.6 is 11.6 Å². The minimum Gasteiger partial charge on any atom is -0.358 e. The second-order valence-electron chi connectivity index (χ2n) is 3.19. The van der Waals surface area contributed by atoms with E-state index in [1.54, 1.807) is 12.1 Å². The van der Waals surface area contributed by atoms with Gasteiger partial charge in [-0.05, 0) is 12.1 Å². The highest BCUT2D eigenvalue weighted by Gasteiger charge is 2.21. The van der Waals surface area contributed by atoms with E-state index < -0.39 is 4.92 Å². The molecule has 0 amide bonds. The van der Waals surface area contributed by atoms with Gasteiger partial charge in [0, 0.05) is 6.20 Å². The summed E-state index contributed by atoms with van der Waals surface area (Å²) in [6.07, 6.45) is 2.68. The van der Waals surface area contributed by atoms with Crippen molar-refractivity contribution in [2.45, 2.75) is 6.54 Å². The molecule has 2 aromatic rings. The zero-order valence-corrected chi connectivity index (χ0v) is 9.70. The van der Waals surface area contributed by atoms with Crippen LogP contribution in [0.4, 0.5) is 11.5 Å². The maximum atomic E-state index is 10.8. The van der Waals surface area contributed by atoms with Gasteiger partial charge >= 0.3 is 5.69 Å². The number of hydrogen-bond donors (Lipinski definition) is 1. The molecule has 2 heterocycles. The van der Waals surface area contributed by atoms with Gasteiger partial charge in [-0.15, -0.1) is 0 Å². The molecule has 0 unspecified atom stereocenters. The van der Waals surface area contributed by atoms with Gasteiger partial charge in [0.15, 0.2) is 0 Å². The third-order valence-electron chi connectivity index (χ3n) is 2.02. The minimum atomic E-state index is -0.638. The van der Waals surface area contributed by atoms with Crippen molar-refractivity contribution in [1.82, 2.24) is 20.2 Å². The Morgan fingerprint density at radius 2 is 2.28 bits per heavy atom. The number of rotatable bonds is 4. The van der Waals surface area contributed by atoms with E-state index in [1.807, 2.05) is 0 Å². The third-order valence-corrected chi connectivity index (χ3v) is 2.30. The van der Waals surface area contributed by atoms with E-state index in [9.17, 15) is 10.1 Å². The molecule has 92 valence electrons. The molecule has 0 saturated heterocycles. The number of anilines is 1. The minimum absolute atomic E-state index is 0.0469. The van der Waals surface area contributed by atoms with Gasteiger partial charge in [-0.25, -0.2) is 9.97 Å². The van der Waals surface area contributed by atoms with Crippen LogP contribution in [0.1, 0.15) is 5.69 Å². The molecule has 0 aromatic carbocycles. The fourth-order valence-corrected chi connectivity index (χ4v) is 1.45. The molecule has 0 bridgehead atoms. The van der Waals surface area contributed by atoms with Gasteiger partial charge in [0.05, 0.1) is 17.2 Å². The molecular formula is C9H7ClN6O2. The van der Waals surface area contributed by atoms with E-state index in [0.29, 0.717) is 5.69 Å². The fraction of sp³-hybridized carbons (Fsp3) is 0.111. The zero-order valence-electron chi connectivity index (χ0n) is 8.95. The Hall–Kier alpha value is -2.35. The van der Waals surface area contributed by atoms with Crippen LogP contribution in [0, 0.1) is 10.1 Å². The summed E-state index contributed by atoms with van der Waals surface area (Å²) in [5.41, 5.74) is 0.268. The number of nitrogens with one attached hydrogen (secondary N) is 1. The van der Waals surface area contributed by atoms with E-state index in [0.717, 1.165) is 6.33 Å². The monoisotopic (exact) mass is 266 g/mol. The van der Waals surface area contributed by atoms with Gasteiger partial charge in [0.25, 0.3) is 0 Å². The quantitative estimate of drug-likeness (QED) is 0.507. The molecule has 18 heavy (non-hydrogen) atoms. The molecular weight excluding hydrogens is 260 g/mol. The van der Waals surface area contributed by atoms with Gasteiger partial charge < -0.3 is 5.32 Å². The molecule has 0 atom stereocenters. The fourth-order valence-electron chi connectivity index (χ4n) is 1.25. The summed E-state index contributed by atoms with van der Waals surface area (Å²) in [6.45, 7) is 0.252. The van der Waals surface area contributed by atoms with Crippen molar-refractivity contribution in [2.75, 3.05) is 5.32 Å². The van der Waals surface area contributed by atoms with Crippen molar-refractivity contribution < 1.29 is 4.92 Å². The molecule has 0 saturated carbocycles. The van der Waals surface area contributed by atoms with Gasteiger partial charge in [0.1, 0.15) is 6.33 Å². The van der Waals surface area contributed by atoms with Crippen molar-refractivity contribution in [3.05, 3.63) is 45.6 Å². The van der Waals surface area contributed by atoms with E-state index in [4.69, 9.17) is 11.6 Å². The summed E-state index contributed by atoms with van der Waals surface area (Å²) in [5.74, 6) is 0.0469. The van der Waals surface area contributed by atoms with E-state index in [1.165, 1.54) is 6.20 Å². The second-order valence-corrected chi connectivity index (χ2v) is 3.55. The van der Waals surface area contributed by atoms with Gasteiger partial charge in [-0.3, -0.25) is 10.1 Å². The van der Waals surface area contributed by atoms with Crippen molar-refractivity contribution >= 4 is 23.1 Å². The van der Waals surface area contributed by atoms with Crippen LogP contribution < -0.4 is 5.32 Å². The maximum Gasteiger partial charge on any atom is 0.348 e. The Labute approximate surface area is 106 Å². The number of halogens is 1. The van der Waals surface area contributed by atoms with Gasteiger partial charge in [-0.2, -0.15) is 10.2 Å². The Balaban J connectivity index is 2.20. The SMILES string of the molecule is O=[N+]([O-])c1c(Cl)ncnc1NCc1cccnn1. The van der Waals surface area contributed by atoms with Crippen LogP contribution in [0.2, 0.25) is 5.15 Å². The second kappa shape index (κ2) is 5.32. The highest BCUT2D eigenvalue weighted by atomic mass is 35.5. The highest BCUT2D eigenvalue weighted by Crippen LogP contribution is 2.28. The largest absolute Gasteiger partial charge is 0.358 e. The summed E-state index contributed by atoms with van der Waals surface area (Å²) >= 11 is 5.65.